The molecule has 1 N–H and O–H groups in total. The Bertz CT molecular complexity index is 477. The van der Waals surface area contributed by atoms with Crippen LogP contribution in [0.15, 0.2) is 24.3 Å². The molecule has 1 aromatic carbocycles. The molecular formula is C19H27ClFN. The van der Waals surface area contributed by atoms with Crippen molar-refractivity contribution < 1.29 is 4.39 Å². The molecule has 0 amide bonds. The summed E-state index contributed by atoms with van der Waals surface area (Å²) in [7, 11) is 0. The summed E-state index contributed by atoms with van der Waals surface area (Å²) in [6, 6.07) is 7.50. The Morgan fingerprint density at radius 1 is 1.05 bits per heavy atom. The fourth-order valence-corrected chi connectivity index (χ4v) is 5.80. The van der Waals surface area contributed by atoms with E-state index in [1.165, 1.54) is 44.1 Å². The molecule has 1 aromatic rings. The molecule has 4 aliphatic carbocycles. The zero-order valence-electron chi connectivity index (χ0n) is 13.4. The van der Waals surface area contributed by atoms with Crippen molar-refractivity contribution in [3.05, 3.63) is 35.6 Å². The molecule has 0 heterocycles. The molecule has 122 valence electrons. The van der Waals surface area contributed by atoms with Crippen molar-refractivity contribution in [2.24, 2.45) is 23.2 Å². The van der Waals surface area contributed by atoms with E-state index in [0.29, 0.717) is 11.5 Å². The van der Waals surface area contributed by atoms with Crippen LogP contribution in [0.1, 0.15) is 51.0 Å². The molecule has 1 unspecified atom stereocenters. The molecule has 1 atom stereocenters. The predicted octanol–water partition coefficient (Wildman–Crippen LogP) is 4.94. The van der Waals surface area contributed by atoms with Crippen molar-refractivity contribution in [1.29, 1.82) is 0 Å². The topological polar surface area (TPSA) is 12.0 Å². The van der Waals surface area contributed by atoms with E-state index in [1.54, 1.807) is 12.1 Å². The van der Waals surface area contributed by atoms with Crippen LogP contribution in [-0.4, -0.2) is 6.04 Å². The number of nitrogens with one attached hydrogen (secondary N) is 1. The van der Waals surface area contributed by atoms with Crippen molar-refractivity contribution in [3.63, 3.8) is 0 Å². The number of benzene rings is 1. The first-order chi connectivity index (χ1) is 10.1. The number of halogens is 2. The zero-order valence-corrected chi connectivity index (χ0v) is 14.2. The Morgan fingerprint density at radius 2 is 1.55 bits per heavy atom. The second-order valence-corrected chi connectivity index (χ2v) is 8.01. The van der Waals surface area contributed by atoms with Crippen LogP contribution in [0.25, 0.3) is 0 Å². The van der Waals surface area contributed by atoms with E-state index in [0.717, 1.165) is 24.3 Å². The molecular weight excluding hydrogens is 297 g/mol. The fourth-order valence-electron chi connectivity index (χ4n) is 5.80. The maximum absolute atomic E-state index is 13.0. The minimum Gasteiger partial charge on any atom is -0.310 e. The van der Waals surface area contributed by atoms with Gasteiger partial charge in [0.2, 0.25) is 0 Å². The highest BCUT2D eigenvalue weighted by Gasteiger charge is 2.52. The van der Waals surface area contributed by atoms with Gasteiger partial charge in [0, 0.05) is 12.6 Å². The van der Waals surface area contributed by atoms with Crippen LogP contribution in [0.2, 0.25) is 0 Å². The average Bonchev–Trinajstić information content (AvgIpc) is 2.45. The Kier molecular flexibility index (Phi) is 4.53. The van der Waals surface area contributed by atoms with E-state index < -0.39 is 0 Å². The Labute approximate surface area is 139 Å². The van der Waals surface area contributed by atoms with Gasteiger partial charge in [0.05, 0.1) is 0 Å². The largest absolute Gasteiger partial charge is 0.310 e. The number of hydrogen-bond donors (Lipinski definition) is 1. The number of hydrogen-bond acceptors (Lipinski definition) is 1. The van der Waals surface area contributed by atoms with Gasteiger partial charge in [-0.05, 0) is 86.3 Å². The van der Waals surface area contributed by atoms with Gasteiger partial charge in [0.25, 0.3) is 0 Å². The maximum atomic E-state index is 13.0. The van der Waals surface area contributed by atoms with Gasteiger partial charge in [0.15, 0.2) is 0 Å². The molecule has 0 spiro atoms. The lowest BCUT2D eigenvalue weighted by Gasteiger charge is -2.59. The first-order valence-electron chi connectivity index (χ1n) is 8.61. The summed E-state index contributed by atoms with van der Waals surface area (Å²) >= 11 is 0. The Morgan fingerprint density at radius 3 is 2.05 bits per heavy atom. The minimum atomic E-state index is -0.145. The molecule has 22 heavy (non-hydrogen) atoms. The molecule has 4 fully saturated rings. The van der Waals surface area contributed by atoms with Gasteiger partial charge in [-0.1, -0.05) is 12.1 Å². The second-order valence-electron chi connectivity index (χ2n) is 8.01. The van der Waals surface area contributed by atoms with Gasteiger partial charge in [0.1, 0.15) is 5.82 Å². The van der Waals surface area contributed by atoms with Crippen LogP contribution in [-0.2, 0) is 6.54 Å². The van der Waals surface area contributed by atoms with Crippen molar-refractivity contribution in [1.82, 2.24) is 5.32 Å². The summed E-state index contributed by atoms with van der Waals surface area (Å²) in [4.78, 5) is 0. The quantitative estimate of drug-likeness (QED) is 0.827. The summed E-state index contributed by atoms with van der Waals surface area (Å²) in [6.45, 7) is 3.25. The minimum absolute atomic E-state index is 0. The van der Waals surface area contributed by atoms with Gasteiger partial charge in [-0.2, -0.15) is 0 Å². The molecule has 5 rings (SSSR count). The lowest BCUT2D eigenvalue weighted by molar-refractivity contribution is -0.0706. The van der Waals surface area contributed by atoms with E-state index in [-0.39, 0.29) is 18.2 Å². The van der Waals surface area contributed by atoms with Crippen molar-refractivity contribution in [2.75, 3.05) is 0 Å². The van der Waals surface area contributed by atoms with E-state index in [4.69, 9.17) is 0 Å². The highest BCUT2D eigenvalue weighted by Crippen LogP contribution is 2.61. The molecule has 3 heteroatoms. The Balaban J connectivity index is 0.00000144. The molecule has 4 aliphatic rings. The normalized spacial score (nSPS) is 36.9. The Hall–Kier alpha value is -0.600. The molecule has 0 aromatic heterocycles. The van der Waals surface area contributed by atoms with Crippen molar-refractivity contribution in [2.45, 2.75) is 58.0 Å². The maximum Gasteiger partial charge on any atom is 0.123 e. The molecule has 0 aliphatic heterocycles. The van der Waals surface area contributed by atoms with Gasteiger partial charge in [-0.25, -0.2) is 4.39 Å². The second kappa shape index (κ2) is 6.13. The summed E-state index contributed by atoms with van der Waals surface area (Å²) in [5, 5.41) is 3.75. The third kappa shape index (κ3) is 2.92. The average molecular weight is 324 g/mol. The fraction of sp³-hybridized carbons (Fsp3) is 0.684. The first-order valence-corrected chi connectivity index (χ1v) is 8.61. The molecule has 4 saturated carbocycles. The lowest BCUT2D eigenvalue weighted by atomic mass is 9.48. The lowest BCUT2D eigenvalue weighted by Crippen LogP contribution is -2.54. The smallest absolute Gasteiger partial charge is 0.123 e. The van der Waals surface area contributed by atoms with Gasteiger partial charge < -0.3 is 5.32 Å². The van der Waals surface area contributed by atoms with Crippen LogP contribution in [0, 0.1) is 29.0 Å². The predicted molar refractivity (Wildman–Crippen MR) is 90.6 cm³/mol. The molecule has 1 nitrogen and oxygen atoms in total. The third-order valence-corrected chi connectivity index (χ3v) is 6.53. The number of rotatable bonds is 4. The van der Waals surface area contributed by atoms with E-state index in [9.17, 15) is 4.39 Å². The van der Waals surface area contributed by atoms with Gasteiger partial charge in [-0.3, -0.25) is 0 Å². The van der Waals surface area contributed by atoms with Gasteiger partial charge >= 0.3 is 0 Å². The van der Waals surface area contributed by atoms with E-state index in [2.05, 4.69) is 12.2 Å². The van der Waals surface area contributed by atoms with E-state index in [1.807, 2.05) is 12.1 Å². The van der Waals surface area contributed by atoms with Crippen molar-refractivity contribution in [3.8, 4) is 0 Å². The summed E-state index contributed by atoms with van der Waals surface area (Å²) in [5.41, 5.74) is 1.74. The third-order valence-electron chi connectivity index (χ3n) is 6.53. The van der Waals surface area contributed by atoms with Gasteiger partial charge in [-0.15, -0.1) is 12.4 Å². The van der Waals surface area contributed by atoms with Crippen LogP contribution in [0.5, 0.6) is 0 Å². The van der Waals surface area contributed by atoms with Crippen molar-refractivity contribution >= 4 is 12.4 Å². The van der Waals surface area contributed by atoms with Crippen LogP contribution < -0.4 is 5.32 Å². The van der Waals surface area contributed by atoms with E-state index >= 15 is 0 Å². The highest BCUT2D eigenvalue weighted by atomic mass is 35.5. The standard InChI is InChI=1S/C19H26FN.ClH/c1-13(21-12-14-2-4-18(20)5-3-14)19-9-15-6-16(10-19)8-17(7-15)11-19;/h2-5,13,15-17,21H,6-12H2,1H3;1H. The summed E-state index contributed by atoms with van der Waals surface area (Å²) in [5.74, 6) is 2.87. The van der Waals surface area contributed by atoms with Crippen LogP contribution in [0.3, 0.4) is 0 Å². The van der Waals surface area contributed by atoms with Crippen LogP contribution >= 0.6 is 12.4 Å². The molecule has 0 saturated heterocycles. The summed E-state index contributed by atoms with van der Waals surface area (Å²) < 4.78 is 13.0. The van der Waals surface area contributed by atoms with Crippen LogP contribution in [0.4, 0.5) is 4.39 Å². The zero-order chi connectivity index (χ0) is 14.4. The molecule has 4 bridgehead atoms. The summed E-state index contributed by atoms with van der Waals surface area (Å²) in [6.07, 6.45) is 8.83. The SMILES string of the molecule is CC(NCc1ccc(F)cc1)C12CC3CC(CC(C3)C1)C2.Cl. The first kappa shape index (κ1) is 16.3. The monoisotopic (exact) mass is 323 g/mol. The highest BCUT2D eigenvalue weighted by molar-refractivity contribution is 5.85. The molecule has 0 radical (unpaired) electrons.